The Labute approximate surface area is 257 Å². The minimum atomic E-state index is -0.510. The average molecular weight is 581 g/mol. The summed E-state index contributed by atoms with van der Waals surface area (Å²) in [6, 6.07) is 39.6. The molecule has 0 radical (unpaired) electrons. The highest BCUT2D eigenvalue weighted by atomic mass is 16.5. The van der Waals surface area contributed by atoms with Crippen molar-refractivity contribution in [2.75, 3.05) is 9.80 Å². The Hall–Kier alpha value is -5.88. The number of esters is 2. The van der Waals surface area contributed by atoms with Crippen molar-refractivity contribution in [3.63, 3.8) is 0 Å². The van der Waals surface area contributed by atoms with Crippen LogP contribution in [0.25, 0.3) is 0 Å². The van der Waals surface area contributed by atoms with Gasteiger partial charge in [0.2, 0.25) is 0 Å². The molecule has 0 saturated carbocycles. The Morgan fingerprint density at radius 1 is 0.500 bits per heavy atom. The molecule has 5 aromatic carbocycles. The predicted octanol–water partition coefficient (Wildman–Crippen LogP) is 9.43. The molecule has 6 nitrogen and oxygen atoms in total. The summed E-state index contributed by atoms with van der Waals surface area (Å²) in [6.07, 6.45) is 2.28. The van der Waals surface area contributed by atoms with Crippen LogP contribution >= 0.6 is 0 Å². The lowest BCUT2D eigenvalue weighted by atomic mass is 10.1. The monoisotopic (exact) mass is 580 g/mol. The second-order valence-electron chi connectivity index (χ2n) is 10.1. The molecule has 0 N–H and O–H groups in total. The Morgan fingerprint density at radius 3 is 1.14 bits per heavy atom. The van der Waals surface area contributed by atoms with Gasteiger partial charge in [0.15, 0.2) is 0 Å². The zero-order valence-corrected chi connectivity index (χ0v) is 24.6. The number of rotatable bonds is 10. The molecule has 0 aliphatic carbocycles. The smallest absolute Gasteiger partial charge is 0.335 e. The van der Waals surface area contributed by atoms with Crippen molar-refractivity contribution in [3.8, 4) is 11.5 Å². The number of carbonyl (C=O) groups is 2. The highest BCUT2D eigenvalue weighted by Gasteiger charge is 2.18. The summed E-state index contributed by atoms with van der Waals surface area (Å²) in [5, 5.41) is 0. The second kappa shape index (κ2) is 13.4. The number of anilines is 6. The van der Waals surface area contributed by atoms with Gasteiger partial charge < -0.3 is 19.3 Å². The number of hydrogen-bond donors (Lipinski definition) is 0. The van der Waals surface area contributed by atoms with Gasteiger partial charge in [-0.05, 0) is 105 Å². The fraction of sp³-hybridized carbons (Fsp3) is 0.0526. The third kappa shape index (κ3) is 6.94. The lowest BCUT2D eigenvalue weighted by molar-refractivity contribution is -0.129. The van der Waals surface area contributed by atoms with Crippen LogP contribution in [0.15, 0.2) is 147 Å². The van der Waals surface area contributed by atoms with Gasteiger partial charge in [0.1, 0.15) is 11.5 Å². The largest absolute Gasteiger partial charge is 0.423 e. The molecule has 0 aliphatic rings. The zero-order chi connectivity index (χ0) is 31.1. The third-order valence-electron chi connectivity index (χ3n) is 6.89. The van der Waals surface area contributed by atoms with Crippen molar-refractivity contribution in [1.29, 1.82) is 0 Å². The second-order valence-corrected chi connectivity index (χ2v) is 10.1. The van der Waals surface area contributed by atoms with E-state index in [9.17, 15) is 9.59 Å². The number of aryl methyl sites for hydroxylation is 2. The van der Waals surface area contributed by atoms with Gasteiger partial charge in [-0.25, -0.2) is 9.59 Å². The molecule has 5 aromatic rings. The summed E-state index contributed by atoms with van der Waals surface area (Å²) in [5.41, 5.74) is 7.88. The lowest BCUT2D eigenvalue weighted by Crippen LogP contribution is -2.13. The molecular weight excluding hydrogens is 548 g/mol. The summed E-state index contributed by atoms with van der Waals surface area (Å²) in [4.78, 5) is 27.7. The summed E-state index contributed by atoms with van der Waals surface area (Å²) in [6.45, 7) is 11.0. The van der Waals surface area contributed by atoms with E-state index in [1.54, 1.807) is 24.3 Å². The summed E-state index contributed by atoms with van der Waals surface area (Å²) in [7, 11) is 0. The fourth-order valence-corrected chi connectivity index (χ4v) is 4.70. The van der Waals surface area contributed by atoms with E-state index in [0.717, 1.165) is 57.4 Å². The maximum absolute atomic E-state index is 11.7. The van der Waals surface area contributed by atoms with Crippen molar-refractivity contribution in [2.24, 2.45) is 0 Å². The molecule has 0 bridgehead atoms. The first-order valence-electron chi connectivity index (χ1n) is 14.1. The Bertz CT molecular complexity index is 1650. The molecule has 0 aliphatic heterocycles. The van der Waals surface area contributed by atoms with Crippen LogP contribution in [0.4, 0.5) is 34.1 Å². The van der Waals surface area contributed by atoms with Gasteiger partial charge in [-0.1, -0.05) is 54.6 Å². The van der Waals surface area contributed by atoms with Crippen molar-refractivity contribution in [3.05, 3.63) is 158 Å². The van der Waals surface area contributed by atoms with Crippen molar-refractivity contribution < 1.29 is 19.1 Å². The number of benzene rings is 5. The van der Waals surface area contributed by atoms with Crippen LogP contribution in [0.2, 0.25) is 0 Å². The van der Waals surface area contributed by atoms with Gasteiger partial charge in [0.05, 0.1) is 0 Å². The maximum Gasteiger partial charge on any atom is 0.335 e. The number of carbonyl (C=O) groups excluding carboxylic acids is 2. The van der Waals surface area contributed by atoms with Gasteiger partial charge in [0, 0.05) is 46.3 Å². The summed E-state index contributed by atoms with van der Waals surface area (Å²) in [5.74, 6) is -0.152. The van der Waals surface area contributed by atoms with Gasteiger partial charge in [-0.15, -0.1) is 0 Å². The normalized spacial score (nSPS) is 10.4. The quantitative estimate of drug-likeness (QED) is 0.0932. The van der Waals surface area contributed by atoms with Crippen molar-refractivity contribution in [2.45, 2.75) is 13.8 Å². The Kier molecular flexibility index (Phi) is 9.02. The molecule has 0 fully saturated rings. The minimum Gasteiger partial charge on any atom is -0.423 e. The first-order valence-corrected chi connectivity index (χ1v) is 14.1. The van der Waals surface area contributed by atoms with Gasteiger partial charge in [-0.2, -0.15) is 0 Å². The van der Waals surface area contributed by atoms with E-state index in [-0.39, 0.29) is 0 Å². The van der Waals surface area contributed by atoms with Crippen LogP contribution in [-0.4, -0.2) is 11.9 Å². The van der Waals surface area contributed by atoms with Gasteiger partial charge >= 0.3 is 11.9 Å². The molecule has 0 heterocycles. The zero-order valence-electron chi connectivity index (χ0n) is 24.6. The van der Waals surface area contributed by atoms with E-state index in [2.05, 4.69) is 104 Å². The fourth-order valence-electron chi connectivity index (χ4n) is 4.70. The maximum atomic E-state index is 11.7. The van der Waals surface area contributed by atoms with E-state index >= 15 is 0 Å². The topological polar surface area (TPSA) is 59.1 Å². The number of hydrogen-bond acceptors (Lipinski definition) is 6. The van der Waals surface area contributed by atoms with E-state index in [0.29, 0.717) is 11.5 Å². The molecular formula is C38H32N2O4. The summed E-state index contributed by atoms with van der Waals surface area (Å²) >= 11 is 0. The average Bonchev–Trinajstić information content (AvgIpc) is 3.05. The van der Waals surface area contributed by atoms with Crippen LogP contribution in [0.3, 0.4) is 0 Å². The molecule has 44 heavy (non-hydrogen) atoms. The SMILES string of the molecule is C=CC(=O)Oc1ccc(N(c2ccc(C)cc2)c2cccc(N(c3ccc(C)cc3)c3ccc(OC(=O)C=C)cc3)c2)cc1. The Morgan fingerprint density at radius 2 is 0.818 bits per heavy atom. The molecule has 0 amide bonds. The van der Waals surface area contributed by atoms with Crippen LogP contribution in [0.5, 0.6) is 11.5 Å². The predicted molar refractivity (Wildman–Crippen MR) is 177 cm³/mol. The number of ether oxygens (including phenoxy) is 2. The molecule has 6 heteroatoms. The Balaban J connectivity index is 1.59. The van der Waals surface area contributed by atoms with E-state index in [1.807, 2.05) is 30.3 Å². The third-order valence-corrected chi connectivity index (χ3v) is 6.89. The molecule has 0 atom stereocenters. The standard InChI is InChI=1S/C38H32N2O4/c1-5-37(41)43-35-22-18-31(19-23-35)39(29-14-10-27(3)11-15-29)33-8-7-9-34(26-33)40(30-16-12-28(4)13-17-30)32-20-24-36(25-21-32)44-38(42)6-2/h5-26H,1-2H2,3-4H3. The molecule has 5 rings (SSSR count). The first kappa shape index (κ1) is 29.6. The number of nitrogens with zero attached hydrogens (tertiary/aromatic N) is 2. The molecule has 0 saturated heterocycles. The van der Waals surface area contributed by atoms with Crippen LogP contribution < -0.4 is 19.3 Å². The van der Waals surface area contributed by atoms with Gasteiger partial charge in [0.25, 0.3) is 0 Å². The van der Waals surface area contributed by atoms with Crippen molar-refractivity contribution >= 4 is 46.1 Å². The lowest BCUT2D eigenvalue weighted by Gasteiger charge is -2.29. The van der Waals surface area contributed by atoms with E-state index in [1.165, 1.54) is 0 Å². The highest BCUT2D eigenvalue weighted by Crippen LogP contribution is 2.41. The van der Waals surface area contributed by atoms with Crippen LogP contribution in [0, 0.1) is 13.8 Å². The van der Waals surface area contributed by atoms with E-state index in [4.69, 9.17) is 9.47 Å². The molecule has 0 aromatic heterocycles. The highest BCUT2D eigenvalue weighted by molar-refractivity contribution is 5.85. The first-order chi connectivity index (χ1) is 21.3. The van der Waals surface area contributed by atoms with E-state index < -0.39 is 11.9 Å². The molecule has 218 valence electrons. The molecule has 0 spiro atoms. The minimum absolute atomic E-state index is 0.434. The molecule has 0 unspecified atom stereocenters. The van der Waals surface area contributed by atoms with Crippen molar-refractivity contribution in [1.82, 2.24) is 0 Å². The van der Waals surface area contributed by atoms with Crippen LogP contribution in [-0.2, 0) is 9.59 Å². The van der Waals surface area contributed by atoms with Crippen LogP contribution in [0.1, 0.15) is 11.1 Å². The van der Waals surface area contributed by atoms with Gasteiger partial charge in [-0.3, -0.25) is 0 Å². The summed E-state index contributed by atoms with van der Waals surface area (Å²) < 4.78 is 10.6.